The van der Waals surface area contributed by atoms with E-state index >= 15 is 0 Å². The first-order chi connectivity index (χ1) is 27.3. The van der Waals surface area contributed by atoms with Crippen molar-refractivity contribution >= 4 is 65.9 Å². The molecule has 0 aliphatic carbocycles. The lowest BCUT2D eigenvalue weighted by atomic mass is 9.97. The van der Waals surface area contributed by atoms with E-state index in [1.165, 1.54) is 49.3 Å². The summed E-state index contributed by atoms with van der Waals surface area (Å²) in [6, 6.07) is 71.6. The van der Waals surface area contributed by atoms with E-state index < -0.39 is 0 Å². The van der Waals surface area contributed by atoms with Gasteiger partial charge >= 0.3 is 0 Å². The first-order valence-corrected chi connectivity index (χ1v) is 18.8. The van der Waals surface area contributed by atoms with Crippen LogP contribution < -0.4 is 5.32 Å². The van der Waals surface area contributed by atoms with Crippen molar-refractivity contribution in [2.75, 3.05) is 5.32 Å². The molecule has 0 aliphatic rings. The molecule has 0 spiro atoms. The predicted octanol–water partition coefficient (Wildman–Crippen LogP) is 14.6. The second-order valence-electron chi connectivity index (χ2n) is 14.2. The van der Waals surface area contributed by atoms with Gasteiger partial charge in [-0.15, -0.1) is 0 Å². The highest BCUT2D eigenvalue weighted by Crippen LogP contribution is 2.40. The number of nitrogens with one attached hydrogen (secondary N) is 1. The number of benzene rings is 9. The van der Waals surface area contributed by atoms with Crippen LogP contribution in [-0.2, 0) is 0 Å². The Labute approximate surface area is 318 Å². The highest BCUT2D eigenvalue weighted by Gasteiger charge is 2.17. The van der Waals surface area contributed by atoms with E-state index in [0.717, 1.165) is 55.7 Å². The van der Waals surface area contributed by atoms with Gasteiger partial charge < -0.3 is 14.3 Å². The van der Waals surface area contributed by atoms with Gasteiger partial charge in [0.25, 0.3) is 0 Å². The van der Waals surface area contributed by atoms with E-state index in [1.54, 1.807) is 0 Å². The summed E-state index contributed by atoms with van der Waals surface area (Å²) in [6.07, 6.45) is 0. The van der Waals surface area contributed by atoms with Crippen molar-refractivity contribution in [1.82, 2.24) is 4.57 Å². The fourth-order valence-corrected chi connectivity index (χ4v) is 8.40. The molecule has 0 bridgehead atoms. The van der Waals surface area contributed by atoms with Gasteiger partial charge in [-0.2, -0.15) is 0 Å². The summed E-state index contributed by atoms with van der Waals surface area (Å²) in [5, 5.41) is 10.8. The fraction of sp³-hybridized carbons (Fsp3) is 0. The molecular formula is C52H34N2O. The summed E-state index contributed by atoms with van der Waals surface area (Å²) < 4.78 is 8.88. The van der Waals surface area contributed by atoms with Crippen LogP contribution in [0.15, 0.2) is 205 Å². The number of hydrogen-bond acceptors (Lipinski definition) is 2. The second-order valence-corrected chi connectivity index (χ2v) is 14.2. The molecule has 3 heteroatoms. The van der Waals surface area contributed by atoms with Crippen molar-refractivity contribution in [3.8, 4) is 39.1 Å². The third kappa shape index (κ3) is 5.20. The third-order valence-corrected chi connectivity index (χ3v) is 11.0. The molecule has 0 radical (unpaired) electrons. The monoisotopic (exact) mass is 702 g/mol. The van der Waals surface area contributed by atoms with Gasteiger partial charge in [0, 0.05) is 49.4 Å². The molecule has 55 heavy (non-hydrogen) atoms. The van der Waals surface area contributed by atoms with Gasteiger partial charge in [0.05, 0.1) is 16.7 Å². The molecule has 0 saturated carbocycles. The minimum atomic E-state index is 0.912. The number of rotatable bonds is 6. The minimum Gasteiger partial charge on any atom is -0.455 e. The van der Waals surface area contributed by atoms with E-state index in [9.17, 15) is 0 Å². The number of para-hydroxylation sites is 5. The van der Waals surface area contributed by atoms with Crippen LogP contribution in [0.25, 0.3) is 93.6 Å². The van der Waals surface area contributed by atoms with Crippen LogP contribution in [0.1, 0.15) is 0 Å². The topological polar surface area (TPSA) is 30.1 Å². The average molecular weight is 703 g/mol. The highest BCUT2D eigenvalue weighted by atomic mass is 16.3. The summed E-state index contributed by atoms with van der Waals surface area (Å²) in [5.41, 5.74) is 14.4. The Morgan fingerprint density at radius 3 is 1.98 bits per heavy atom. The summed E-state index contributed by atoms with van der Waals surface area (Å²) in [5.74, 6) is 0. The lowest BCUT2D eigenvalue weighted by Gasteiger charge is -2.14. The highest BCUT2D eigenvalue weighted by molar-refractivity contribution is 6.13. The molecule has 0 aliphatic heterocycles. The van der Waals surface area contributed by atoms with Gasteiger partial charge in [0.15, 0.2) is 0 Å². The number of nitrogens with zero attached hydrogens (tertiary/aromatic N) is 1. The third-order valence-electron chi connectivity index (χ3n) is 11.0. The van der Waals surface area contributed by atoms with E-state index in [-0.39, 0.29) is 0 Å². The number of anilines is 2. The van der Waals surface area contributed by atoms with Crippen molar-refractivity contribution in [2.24, 2.45) is 0 Å². The van der Waals surface area contributed by atoms with Crippen molar-refractivity contribution < 1.29 is 4.42 Å². The molecule has 11 rings (SSSR count). The molecule has 0 saturated heterocycles. The van der Waals surface area contributed by atoms with Crippen LogP contribution in [-0.4, -0.2) is 4.57 Å². The van der Waals surface area contributed by atoms with E-state index in [0.29, 0.717) is 0 Å². The van der Waals surface area contributed by atoms with E-state index in [2.05, 4.69) is 192 Å². The fourth-order valence-electron chi connectivity index (χ4n) is 8.40. The minimum absolute atomic E-state index is 0.912. The number of hydrogen-bond donors (Lipinski definition) is 1. The maximum Gasteiger partial charge on any atom is 0.143 e. The SMILES string of the molecule is c1ccc(Nc2ccccc2-c2cccc(-c3ccc4c5ccccc5n(-c5cccc6cc(-c7cccc8c7oc7ccccc78)ccc56)c4c3)c2)cc1. The van der Waals surface area contributed by atoms with Crippen LogP contribution in [0.3, 0.4) is 0 Å². The van der Waals surface area contributed by atoms with Crippen LogP contribution in [0.5, 0.6) is 0 Å². The van der Waals surface area contributed by atoms with Crippen molar-refractivity contribution in [1.29, 1.82) is 0 Å². The molecule has 0 amide bonds. The second kappa shape index (κ2) is 12.6. The molecule has 9 aromatic carbocycles. The Kier molecular flexibility index (Phi) is 7.17. The molecule has 1 N–H and O–H groups in total. The number of furan rings is 1. The van der Waals surface area contributed by atoms with Gasteiger partial charge in [-0.05, 0) is 82.2 Å². The zero-order chi connectivity index (χ0) is 36.3. The largest absolute Gasteiger partial charge is 0.455 e. The Balaban J connectivity index is 1.04. The summed E-state index contributed by atoms with van der Waals surface area (Å²) in [6.45, 7) is 0. The molecule has 258 valence electrons. The van der Waals surface area contributed by atoms with Crippen molar-refractivity contribution in [3.05, 3.63) is 200 Å². The summed E-state index contributed by atoms with van der Waals surface area (Å²) in [4.78, 5) is 0. The molecule has 0 fully saturated rings. The first kappa shape index (κ1) is 31.2. The van der Waals surface area contributed by atoms with Crippen molar-refractivity contribution in [3.63, 3.8) is 0 Å². The van der Waals surface area contributed by atoms with Gasteiger partial charge in [-0.1, -0.05) is 146 Å². The number of aromatic nitrogens is 1. The number of fused-ring (bicyclic) bond motifs is 7. The van der Waals surface area contributed by atoms with Gasteiger partial charge in [0.2, 0.25) is 0 Å². The molecule has 3 nitrogen and oxygen atoms in total. The van der Waals surface area contributed by atoms with Crippen LogP contribution in [0.2, 0.25) is 0 Å². The lowest BCUT2D eigenvalue weighted by molar-refractivity contribution is 0.670. The molecule has 0 atom stereocenters. The van der Waals surface area contributed by atoms with Crippen LogP contribution in [0.4, 0.5) is 11.4 Å². The zero-order valence-corrected chi connectivity index (χ0v) is 29.9. The summed E-state index contributed by atoms with van der Waals surface area (Å²) in [7, 11) is 0. The molecular weight excluding hydrogens is 669 g/mol. The molecule has 11 aromatic rings. The van der Waals surface area contributed by atoms with Crippen LogP contribution >= 0.6 is 0 Å². The maximum atomic E-state index is 6.43. The predicted molar refractivity (Wildman–Crippen MR) is 232 cm³/mol. The summed E-state index contributed by atoms with van der Waals surface area (Å²) >= 11 is 0. The Hall–Kier alpha value is -7.36. The maximum absolute atomic E-state index is 6.43. The Bertz CT molecular complexity index is 3240. The van der Waals surface area contributed by atoms with Gasteiger partial charge in [0.1, 0.15) is 11.2 Å². The molecule has 2 aromatic heterocycles. The van der Waals surface area contributed by atoms with Crippen molar-refractivity contribution in [2.45, 2.75) is 0 Å². The van der Waals surface area contributed by atoms with Crippen LogP contribution in [0, 0.1) is 0 Å². The molecule has 2 heterocycles. The quantitative estimate of drug-likeness (QED) is 0.187. The van der Waals surface area contributed by atoms with Gasteiger partial charge in [-0.3, -0.25) is 0 Å². The van der Waals surface area contributed by atoms with E-state index in [4.69, 9.17) is 4.42 Å². The molecule has 0 unspecified atom stereocenters. The Morgan fingerprint density at radius 1 is 0.382 bits per heavy atom. The Morgan fingerprint density at radius 2 is 1.04 bits per heavy atom. The van der Waals surface area contributed by atoms with E-state index in [1.807, 2.05) is 18.2 Å². The van der Waals surface area contributed by atoms with Gasteiger partial charge in [-0.25, -0.2) is 0 Å². The normalized spacial score (nSPS) is 11.6. The lowest BCUT2D eigenvalue weighted by Crippen LogP contribution is -1.96. The first-order valence-electron chi connectivity index (χ1n) is 18.8. The smallest absolute Gasteiger partial charge is 0.143 e. The standard InChI is InChI=1S/C52H34N2O/c1-2-16-39(17-3-1)53-47-23-7-4-18-40(47)36-14-10-13-34(31-36)35-27-30-44-43-19-5-8-24-49(43)54(50(44)33-35)48-25-11-15-37-32-38(28-29-41(37)48)42-21-12-22-46-45-20-6-9-26-51(45)55-52(42)46/h1-33,53H. The average Bonchev–Trinajstić information content (AvgIpc) is 3.79. The zero-order valence-electron chi connectivity index (χ0n) is 29.9.